The number of carbonyl (C=O) groups is 1. The molecule has 88 valence electrons. The van der Waals surface area contributed by atoms with Crippen LogP contribution in [0.3, 0.4) is 0 Å². The van der Waals surface area contributed by atoms with Crippen LogP contribution in [0.1, 0.15) is 38.3 Å². The molecule has 0 heterocycles. The molecule has 0 saturated carbocycles. The van der Waals surface area contributed by atoms with Crippen LogP contribution in [0.15, 0.2) is 18.2 Å². The van der Waals surface area contributed by atoms with Crippen LogP contribution in [0.25, 0.3) is 0 Å². The Morgan fingerprint density at radius 2 is 2.00 bits per heavy atom. The van der Waals surface area contributed by atoms with Crippen molar-refractivity contribution in [3.8, 4) is 0 Å². The number of rotatable bonds is 4. The van der Waals surface area contributed by atoms with Gasteiger partial charge in [-0.15, -0.1) is 0 Å². The number of benzene rings is 1. The lowest BCUT2D eigenvalue weighted by molar-refractivity contribution is -0.118. The summed E-state index contributed by atoms with van der Waals surface area (Å²) in [7, 11) is 0. The number of hydrogen-bond acceptors (Lipinski definition) is 1. The Morgan fingerprint density at radius 1 is 1.38 bits per heavy atom. The fourth-order valence-electron chi connectivity index (χ4n) is 2.05. The Hall–Kier alpha value is -0.820. The summed E-state index contributed by atoms with van der Waals surface area (Å²) >= 11 is 6.19. The lowest BCUT2D eigenvalue weighted by Crippen LogP contribution is -2.18. The van der Waals surface area contributed by atoms with E-state index in [1.165, 1.54) is 0 Å². The largest absolute Gasteiger partial charge is 0.300 e. The average molecular weight is 239 g/mol. The van der Waals surface area contributed by atoms with E-state index in [-0.39, 0.29) is 11.2 Å². The molecule has 1 aromatic carbocycles. The minimum absolute atomic E-state index is 0.0231. The Kier molecular flexibility index (Phi) is 4.15. The summed E-state index contributed by atoms with van der Waals surface area (Å²) in [6.07, 6.45) is 1.43. The maximum Gasteiger partial charge on any atom is 0.130 e. The molecule has 0 aliphatic carbocycles. The summed E-state index contributed by atoms with van der Waals surface area (Å²) in [5.41, 5.74) is 2.27. The molecule has 1 nitrogen and oxygen atoms in total. The fourth-order valence-corrected chi connectivity index (χ4v) is 2.35. The van der Waals surface area contributed by atoms with Crippen molar-refractivity contribution in [2.24, 2.45) is 5.41 Å². The van der Waals surface area contributed by atoms with Gasteiger partial charge in [-0.2, -0.15) is 0 Å². The molecule has 0 N–H and O–H groups in total. The zero-order valence-electron chi connectivity index (χ0n) is 10.4. The molecular formula is C14H19ClO. The molecule has 16 heavy (non-hydrogen) atoms. The van der Waals surface area contributed by atoms with E-state index < -0.39 is 0 Å². The highest BCUT2D eigenvalue weighted by atomic mass is 35.5. The van der Waals surface area contributed by atoms with Crippen molar-refractivity contribution in [1.82, 2.24) is 0 Å². The molecule has 0 atom stereocenters. The normalized spacial score (nSPS) is 11.6. The number of Topliss-reactive ketones (excluding diaryl/α,β-unsaturated/α-hetero) is 1. The van der Waals surface area contributed by atoms with Crippen molar-refractivity contribution in [2.45, 2.75) is 40.5 Å². The highest BCUT2D eigenvalue weighted by Crippen LogP contribution is 2.30. The molecule has 0 amide bonds. The minimum atomic E-state index is -0.0231. The third-order valence-electron chi connectivity index (χ3n) is 2.61. The molecule has 0 unspecified atom stereocenters. The van der Waals surface area contributed by atoms with Gasteiger partial charge in [-0.3, -0.25) is 0 Å². The molecule has 0 fully saturated rings. The quantitative estimate of drug-likeness (QED) is 0.769. The zero-order chi connectivity index (χ0) is 12.3. The van der Waals surface area contributed by atoms with Gasteiger partial charge in [0.2, 0.25) is 0 Å². The average Bonchev–Trinajstić information content (AvgIpc) is 2.07. The van der Waals surface area contributed by atoms with Gasteiger partial charge in [0.15, 0.2) is 0 Å². The predicted molar refractivity (Wildman–Crippen MR) is 69.0 cm³/mol. The molecule has 0 aliphatic rings. The van der Waals surface area contributed by atoms with E-state index >= 15 is 0 Å². The molecule has 1 rings (SSSR count). The zero-order valence-corrected chi connectivity index (χ0v) is 11.2. The van der Waals surface area contributed by atoms with E-state index in [2.05, 4.69) is 26.0 Å². The van der Waals surface area contributed by atoms with Crippen molar-refractivity contribution in [3.63, 3.8) is 0 Å². The standard InChI is InChI=1S/C14H19ClO/c1-10-5-6-12(13(15)7-10)9-14(3,4)8-11(2)16/h5-7H,8-9H2,1-4H3. The van der Waals surface area contributed by atoms with Gasteiger partial charge < -0.3 is 4.79 Å². The molecular weight excluding hydrogens is 220 g/mol. The molecule has 0 bridgehead atoms. The Morgan fingerprint density at radius 3 is 2.50 bits per heavy atom. The number of aryl methyl sites for hydroxylation is 1. The topological polar surface area (TPSA) is 17.1 Å². The van der Waals surface area contributed by atoms with Gasteiger partial charge >= 0.3 is 0 Å². The monoisotopic (exact) mass is 238 g/mol. The first-order valence-corrected chi connectivity index (χ1v) is 5.92. The van der Waals surface area contributed by atoms with Crippen LogP contribution in [-0.2, 0) is 11.2 Å². The lowest BCUT2D eigenvalue weighted by Gasteiger charge is -2.23. The first-order valence-electron chi connectivity index (χ1n) is 5.55. The van der Waals surface area contributed by atoms with Crippen molar-refractivity contribution in [1.29, 1.82) is 0 Å². The van der Waals surface area contributed by atoms with Gasteiger partial charge in [0.05, 0.1) is 0 Å². The molecule has 0 aliphatic heterocycles. The van der Waals surface area contributed by atoms with Crippen molar-refractivity contribution in [2.75, 3.05) is 0 Å². The number of hydrogen-bond donors (Lipinski definition) is 0. The van der Waals surface area contributed by atoms with Crippen LogP contribution >= 0.6 is 11.6 Å². The SMILES string of the molecule is CC(=O)CC(C)(C)Cc1ccc(C)cc1Cl. The maximum atomic E-state index is 11.2. The van der Waals surface area contributed by atoms with Gasteiger partial charge in [0.1, 0.15) is 5.78 Å². The van der Waals surface area contributed by atoms with E-state index in [0.29, 0.717) is 6.42 Å². The van der Waals surface area contributed by atoms with E-state index in [4.69, 9.17) is 11.6 Å². The highest BCUT2D eigenvalue weighted by Gasteiger charge is 2.21. The highest BCUT2D eigenvalue weighted by molar-refractivity contribution is 6.31. The minimum Gasteiger partial charge on any atom is -0.300 e. The summed E-state index contributed by atoms with van der Waals surface area (Å²) in [5.74, 6) is 0.230. The van der Waals surface area contributed by atoms with Gasteiger partial charge in [0.25, 0.3) is 0 Å². The summed E-state index contributed by atoms with van der Waals surface area (Å²) in [5, 5.41) is 0.802. The van der Waals surface area contributed by atoms with Crippen molar-refractivity contribution < 1.29 is 4.79 Å². The Bertz CT molecular complexity index is 394. The van der Waals surface area contributed by atoms with Crippen LogP contribution in [0.5, 0.6) is 0 Å². The molecule has 0 aromatic heterocycles. The van der Waals surface area contributed by atoms with Gasteiger partial charge in [-0.1, -0.05) is 37.6 Å². The predicted octanol–water partition coefficient (Wildman–Crippen LogP) is 4.20. The Labute approximate surface area is 103 Å². The van der Waals surface area contributed by atoms with E-state index in [0.717, 1.165) is 22.6 Å². The van der Waals surface area contributed by atoms with Crippen molar-refractivity contribution >= 4 is 17.4 Å². The summed E-state index contributed by atoms with van der Waals surface area (Å²) in [4.78, 5) is 11.2. The maximum absolute atomic E-state index is 11.2. The second-order valence-electron chi connectivity index (χ2n) is 5.31. The van der Waals surface area contributed by atoms with Crippen LogP contribution in [0.2, 0.25) is 5.02 Å². The first-order chi connectivity index (χ1) is 7.30. The first kappa shape index (κ1) is 13.2. The second-order valence-corrected chi connectivity index (χ2v) is 5.72. The third-order valence-corrected chi connectivity index (χ3v) is 2.96. The fraction of sp³-hybridized carbons (Fsp3) is 0.500. The summed E-state index contributed by atoms with van der Waals surface area (Å²) in [6.45, 7) is 7.87. The number of carbonyl (C=O) groups excluding carboxylic acids is 1. The van der Waals surface area contributed by atoms with E-state index in [9.17, 15) is 4.79 Å². The Balaban J connectivity index is 2.83. The smallest absolute Gasteiger partial charge is 0.130 e. The molecule has 0 spiro atoms. The van der Waals surface area contributed by atoms with Gasteiger partial charge in [0, 0.05) is 11.4 Å². The van der Waals surface area contributed by atoms with Crippen LogP contribution in [-0.4, -0.2) is 5.78 Å². The number of ketones is 1. The summed E-state index contributed by atoms with van der Waals surface area (Å²) in [6, 6.07) is 6.09. The number of halogens is 1. The molecule has 1 aromatic rings. The molecule has 0 saturated heterocycles. The molecule has 2 heteroatoms. The lowest BCUT2D eigenvalue weighted by atomic mass is 9.81. The summed E-state index contributed by atoms with van der Waals surface area (Å²) < 4.78 is 0. The molecule has 0 radical (unpaired) electrons. The van der Waals surface area contributed by atoms with Gasteiger partial charge in [-0.05, 0) is 42.9 Å². The van der Waals surface area contributed by atoms with Gasteiger partial charge in [-0.25, -0.2) is 0 Å². The van der Waals surface area contributed by atoms with Crippen LogP contribution < -0.4 is 0 Å². The van der Waals surface area contributed by atoms with Crippen LogP contribution in [0.4, 0.5) is 0 Å². The second kappa shape index (κ2) is 5.01. The van der Waals surface area contributed by atoms with E-state index in [1.807, 2.05) is 13.0 Å². The van der Waals surface area contributed by atoms with Crippen molar-refractivity contribution in [3.05, 3.63) is 34.3 Å². The van der Waals surface area contributed by atoms with Crippen LogP contribution in [0, 0.1) is 12.3 Å². The third kappa shape index (κ3) is 3.97. The van der Waals surface area contributed by atoms with E-state index in [1.54, 1.807) is 6.92 Å².